The number of hydrogen-bond donors (Lipinski definition) is 1. The van der Waals surface area contributed by atoms with E-state index in [1.807, 2.05) is 0 Å². The smallest absolute Gasteiger partial charge is 0.188 e. The molecule has 0 saturated heterocycles. The Morgan fingerprint density at radius 1 is 0.892 bits per heavy atom. The molecule has 0 saturated carbocycles. The summed E-state index contributed by atoms with van der Waals surface area (Å²) in [5.41, 5.74) is 7.52. The van der Waals surface area contributed by atoms with Crippen molar-refractivity contribution >= 4 is 27.5 Å². The Kier molecular flexibility index (Phi) is 8.81. The average Bonchev–Trinajstić information content (AvgIpc) is 3.19. The van der Waals surface area contributed by atoms with Crippen molar-refractivity contribution in [1.29, 1.82) is 0 Å². The molecule has 0 fully saturated rings. The molecule has 0 unspecified atom stereocenters. The quantitative estimate of drug-likeness (QED) is 0.156. The highest BCUT2D eigenvalue weighted by Crippen LogP contribution is 2.46. The summed E-state index contributed by atoms with van der Waals surface area (Å²) in [5.74, 6) is 0.891. The van der Waals surface area contributed by atoms with Crippen molar-refractivity contribution in [1.82, 2.24) is 4.57 Å². The second kappa shape index (κ2) is 12.0. The van der Waals surface area contributed by atoms with Gasteiger partial charge < -0.3 is 19.4 Å². The van der Waals surface area contributed by atoms with E-state index in [-0.39, 0.29) is 12.3 Å². The van der Waals surface area contributed by atoms with Crippen LogP contribution >= 0.6 is 0 Å². The summed E-state index contributed by atoms with van der Waals surface area (Å²) in [6, 6.07) is 19.5. The maximum Gasteiger partial charge on any atom is 0.188 e. The van der Waals surface area contributed by atoms with Crippen LogP contribution in [0.5, 0.6) is 5.75 Å². The lowest BCUT2D eigenvalue weighted by atomic mass is 9.94. The van der Waals surface area contributed by atoms with Crippen LogP contribution in [0.2, 0.25) is 0 Å². The first-order valence-electron chi connectivity index (χ1n) is 13.9. The molecular formula is C33H44N2O2. The van der Waals surface area contributed by atoms with Crippen molar-refractivity contribution in [2.45, 2.75) is 85.2 Å². The Labute approximate surface area is 223 Å². The van der Waals surface area contributed by atoms with Gasteiger partial charge in [0, 0.05) is 30.1 Å². The SMILES string of the molecule is CCCCCCCc1c(C)c(NC(C)(C)C)c(OCOC)c2c3ccccc3n(Cc3ccccc3)c12. The number of benzene rings is 3. The third kappa shape index (κ3) is 6.13. The molecule has 37 heavy (non-hydrogen) atoms. The number of aryl methyl sites for hydroxylation is 1. The minimum absolute atomic E-state index is 0.107. The highest BCUT2D eigenvalue weighted by atomic mass is 16.7. The highest BCUT2D eigenvalue weighted by Gasteiger charge is 2.26. The molecule has 0 aliphatic carbocycles. The van der Waals surface area contributed by atoms with Crippen LogP contribution in [-0.2, 0) is 17.7 Å². The first-order valence-corrected chi connectivity index (χ1v) is 13.9. The molecule has 4 nitrogen and oxygen atoms in total. The van der Waals surface area contributed by atoms with Gasteiger partial charge in [0.05, 0.1) is 16.6 Å². The second-order valence-corrected chi connectivity index (χ2v) is 11.2. The number of nitrogens with zero attached hydrogens (tertiary/aromatic N) is 1. The Morgan fingerprint density at radius 3 is 2.30 bits per heavy atom. The molecule has 4 aromatic rings. The minimum atomic E-state index is -0.107. The van der Waals surface area contributed by atoms with Crippen LogP contribution in [0.15, 0.2) is 54.6 Å². The van der Waals surface area contributed by atoms with E-state index in [1.54, 1.807) is 7.11 Å². The van der Waals surface area contributed by atoms with Crippen LogP contribution in [0.1, 0.15) is 76.5 Å². The van der Waals surface area contributed by atoms with E-state index < -0.39 is 0 Å². The first kappa shape index (κ1) is 27.1. The van der Waals surface area contributed by atoms with E-state index in [0.29, 0.717) is 0 Å². The predicted octanol–water partition coefficient (Wildman–Crippen LogP) is 8.86. The lowest BCUT2D eigenvalue weighted by molar-refractivity contribution is 0.0526. The number of nitrogens with one attached hydrogen (secondary N) is 1. The van der Waals surface area contributed by atoms with Gasteiger partial charge in [-0.05, 0) is 63.3 Å². The van der Waals surface area contributed by atoms with Crippen LogP contribution in [-0.4, -0.2) is 24.0 Å². The first-order chi connectivity index (χ1) is 17.9. The molecule has 198 valence electrons. The lowest BCUT2D eigenvalue weighted by Crippen LogP contribution is -2.27. The molecule has 4 rings (SSSR count). The molecule has 1 aromatic heterocycles. The number of anilines is 1. The van der Waals surface area contributed by atoms with E-state index in [4.69, 9.17) is 9.47 Å². The molecule has 0 radical (unpaired) electrons. The van der Waals surface area contributed by atoms with Crippen LogP contribution in [0.3, 0.4) is 0 Å². The van der Waals surface area contributed by atoms with Gasteiger partial charge in [0.15, 0.2) is 12.5 Å². The Bertz CT molecular complexity index is 1320. The van der Waals surface area contributed by atoms with Gasteiger partial charge in [0.2, 0.25) is 0 Å². The third-order valence-electron chi connectivity index (χ3n) is 7.07. The zero-order chi connectivity index (χ0) is 26.4. The molecule has 0 amide bonds. The van der Waals surface area contributed by atoms with Gasteiger partial charge in [0.1, 0.15) is 0 Å². The summed E-state index contributed by atoms with van der Waals surface area (Å²) >= 11 is 0. The van der Waals surface area contributed by atoms with Crippen molar-refractivity contribution in [2.24, 2.45) is 0 Å². The van der Waals surface area contributed by atoms with E-state index in [9.17, 15) is 0 Å². The van der Waals surface area contributed by atoms with Crippen LogP contribution in [0.25, 0.3) is 21.8 Å². The maximum atomic E-state index is 6.41. The van der Waals surface area contributed by atoms with Gasteiger partial charge in [-0.25, -0.2) is 0 Å². The average molecular weight is 501 g/mol. The summed E-state index contributed by atoms with van der Waals surface area (Å²) in [5, 5.41) is 6.21. The molecule has 0 spiro atoms. The summed E-state index contributed by atoms with van der Waals surface area (Å²) in [6.45, 7) is 12.2. The monoisotopic (exact) mass is 500 g/mol. The van der Waals surface area contributed by atoms with E-state index in [1.165, 1.54) is 70.6 Å². The minimum Gasteiger partial charge on any atom is -0.465 e. The van der Waals surface area contributed by atoms with Gasteiger partial charge in [-0.3, -0.25) is 0 Å². The number of hydrogen-bond acceptors (Lipinski definition) is 3. The van der Waals surface area contributed by atoms with Gasteiger partial charge in [-0.1, -0.05) is 81.1 Å². The second-order valence-electron chi connectivity index (χ2n) is 11.2. The lowest BCUT2D eigenvalue weighted by Gasteiger charge is -2.28. The van der Waals surface area contributed by atoms with Crippen molar-refractivity contribution in [2.75, 3.05) is 19.2 Å². The number of rotatable bonds is 12. The molecule has 0 aliphatic heterocycles. The van der Waals surface area contributed by atoms with Crippen molar-refractivity contribution in [3.63, 3.8) is 0 Å². The molecule has 0 aliphatic rings. The third-order valence-corrected chi connectivity index (χ3v) is 7.07. The zero-order valence-electron chi connectivity index (χ0n) is 23.6. The van der Waals surface area contributed by atoms with Crippen LogP contribution in [0, 0.1) is 6.92 Å². The molecular weight excluding hydrogens is 456 g/mol. The number of para-hydroxylation sites is 1. The molecule has 0 atom stereocenters. The van der Waals surface area contributed by atoms with Gasteiger partial charge in [-0.15, -0.1) is 0 Å². The van der Waals surface area contributed by atoms with Crippen LogP contribution < -0.4 is 10.1 Å². The Balaban J connectivity index is 2.01. The maximum absolute atomic E-state index is 6.41. The molecule has 3 aromatic carbocycles. The normalized spacial score (nSPS) is 11.9. The Morgan fingerprint density at radius 2 is 1.59 bits per heavy atom. The summed E-state index contributed by atoms with van der Waals surface area (Å²) in [4.78, 5) is 0. The topological polar surface area (TPSA) is 35.4 Å². The molecule has 1 heterocycles. The van der Waals surface area contributed by atoms with Crippen molar-refractivity contribution in [3.8, 4) is 5.75 Å². The fourth-order valence-corrected chi connectivity index (χ4v) is 5.40. The number of aromatic nitrogens is 1. The fourth-order valence-electron chi connectivity index (χ4n) is 5.40. The summed E-state index contributed by atoms with van der Waals surface area (Å²) < 4.78 is 14.3. The summed E-state index contributed by atoms with van der Waals surface area (Å²) in [6.07, 6.45) is 7.38. The fraction of sp³-hybridized carbons (Fsp3) is 0.455. The number of methoxy groups -OCH3 is 1. The van der Waals surface area contributed by atoms with Crippen LogP contribution in [0.4, 0.5) is 5.69 Å². The predicted molar refractivity (Wildman–Crippen MR) is 158 cm³/mol. The summed E-state index contributed by atoms with van der Waals surface area (Å²) in [7, 11) is 1.68. The van der Waals surface area contributed by atoms with Crippen molar-refractivity contribution in [3.05, 3.63) is 71.3 Å². The standard InChI is InChI=1S/C33H44N2O2/c1-7-8-9-10-14-19-26-24(2)30(34-33(3,4)5)32(37-23-36-6)29-27-20-15-16-21-28(27)35(31(26)29)22-25-17-12-11-13-18-25/h11-13,15-18,20-21,34H,7-10,14,19,22-23H2,1-6H3. The van der Waals surface area contributed by atoms with E-state index in [0.717, 1.165) is 24.4 Å². The number of ether oxygens (including phenoxy) is 2. The van der Waals surface area contributed by atoms with Gasteiger partial charge >= 0.3 is 0 Å². The van der Waals surface area contributed by atoms with E-state index >= 15 is 0 Å². The highest BCUT2D eigenvalue weighted by molar-refractivity contribution is 6.15. The van der Waals surface area contributed by atoms with Gasteiger partial charge in [-0.2, -0.15) is 0 Å². The largest absolute Gasteiger partial charge is 0.465 e. The Hall–Kier alpha value is -2.98. The van der Waals surface area contributed by atoms with Crippen molar-refractivity contribution < 1.29 is 9.47 Å². The molecule has 0 bridgehead atoms. The van der Waals surface area contributed by atoms with Gasteiger partial charge in [0.25, 0.3) is 0 Å². The van der Waals surface area contributed by atoms with E-state index in [2.05, 4.69) is 99.1 Å². The zero-order valence-corrected chi connectivity index (χ0v) is 23.6. The molecule has 4 heteroatoms. The molecule has 1 N–H and O–H groups in total. The number of fused-ring (bicyclic) bond motifs is 3. The number of unbranched alkanes of at least 4 members (excludes halogenated alkanes) is 4.